The van der Waals surface area contributed by atoms with E-state index in [2.05, 4.69) is 4.90 Å². The smallest absolute Gasteiger partial charge is 0.357 e. The molecule has 41 heavy (non-hydrogen) atoms. The van der Waals surface area contributed by atoms with Gasteiger partial charge in [-0.05, 0) is 37.1 Å². The fraction of sp³-hybridized carbons (Fsp3) is 0.414. The molecule has 0 bridgehead atoms. The molecule has 2 aromatic rings. The SMILES string of the molecule is CC[C@H](O)[C@@H]1C(=O)N2C(C(=O)OCc3ccc([N+](=O)[O-])cc3)=C(S[C@H]3CCN(CCC(=O)c4ccccc4)C3)S[C@H]12. The number of nitro benzene ring substituents is 1. The van der Waals surface area contributed by atoms with Crippen molar-refractivity contribution >= 4 is 46.9 Å². The van der Waals surface area contributed by atoms with Gasteiger partial charge in [0.25, 0.3) is 5.69 Å². The number of aliphatic hydroxyl groups is 1. The number of hydrogen-bond donors (Lipinski definition) is 1. The van der Waals surface area contributed by atoms with Crippen LogP contribution < -0.4 is 0 Å². The second-order valence-electron chi connectivity index (χ2n) is 10.2. The number of hydrogen-bond acceptors (Lipinski definition) is 10. The van der Waals surface area contributed by atoms with E-state index in [0.29, 0.717) is 34.8 Å². The van der Waals surface area contributed by atoms with E-state index in [1.807, 2.05) is 37.3 Å². The predicted molar refractivity (Wildman–Crippen MR) is 156 cm³/mol. The Hall–Kier alpha value is -3.19. The zero-order valence-corrected chi connectivity index (χ0v) is 24.1. The first-order valence-electron chi connectivity index (χ1n) is 13.6. The van der Waals surface area contributed by atoms with Crippen molar-refractivity contribution in [2.24, 2.45) is 5.92 Å². The quantitative estimate of drug-likeness (QED) is 0.125. The van der Waals surface area contributed by atoms with Gasteiger partial charge in [-0.2, -0.15) is 0 Å². The summed E-state index contributed by atoms with van der Waals surface area (Å²) in [7, 11) is 0. The van der Waals surface area contributed by atoms with Crippen molar-refractivity contribution in [3.05, 3.63) is 85.8 Å². The summed E-state index contributed by atoms with van der Waals surface area (Å²) < 4.78 is 6.26. The molecule has 12 heteroatoms. The number of thioether (sulfide) groups is 2. The third kappa shape index (κ3) is 6.35. The third-order valence-electron chi connectivity index (χ3n) is 7.54. The summed E-state index contributed by atoms with van der Waals surface area (Å²) in [6, 6.07) is 15.0. The van der Waals surface area contributed by atoms with Gasteiger partial charge in [-0.1, -0.05) is 49.0 Å². The first-order valence-corrected chi connectivity index (χ1v) is 15.3. The highest BCUT2D eigenvalue weighted by Crippen LogP contribution is 2.55. The molecular weight excluding hydrogens is 566 g/mol. The number of nitro groups is 1. The maximum Gasteiger partial charge on any atom is 0.357 e. The van der Waals surface area contributed by atoms with Crippen molar-refractivity contribution in [3.63, 3.8) is 0 Å². The van der Waals surface area contributed by atoms with Crippen LogP contribution in [0.2, 0.25) is 0 Å². The number of β-lactam (4-membered cyclic amide) rings is 1. The van der Waals surface area contributed by atoms with E-state index >= 15 is 0 Å². The molecule has 2 saturated heterocycles. The van der Waals surface area contributed by atoms with Crippen molar-refractivity contribution in [1.82, 2.24) is 9.80 Å². The number of ketones is 1. The van der Waals surface area contributed by atoms with E-state index in [0.717, 1.165) is 19.5 Å². The first-order chi connectivity index (χ1) is 19.8. The Morgan fingerprint density at radius 1 is 1.20 bits per heavy atom. The number of likely N-dealkylation sites (tertiary alicyclic amines) is 1. The Morgan fingerprint density at radius 3 is 2.61 bits per heavy atom. The van der Waals surface area contributed by atoms with Gasteiger partial charge in [0, 0.05) is 42.5 Å². The lowest BCUT2D eigenvalue weighted by Crippen LogP contribution is -2.61. The maximum absolute atomic E-state index is 13.3. The van der Waals surface area contributed by atoms with Crippen LogP contribution in [0, 0.1) is 16.0 Å². The van der Waals surface area contributed by atoms with E-state index in [4.69, 9.17) is 4.74 Å². The number of non-ortho nitro benzene ring substituents is 1. The summed E-state index contributed by atoms with van der Waals surface area (Å²) in [6.45, 7) is 3.96. The number of ether oxygens (including phenoxy) is 1. The van der Waals surface area contributed by atoms with Gasteiger partial charge >= 0.3 is 5.97 Å². The number of benzene rings is 2. The number of carbonyl (C=O) groups is 3. The van der Waals surface area contributed by atoms with Gasteiger partial charge in [0.2, 0.25) is 5.91 Å². The van der Waals surface area contributed by atoms with Crippen LogP contribution in [-0.2, 0) is 20.9 Å². The highest BCUT2D eigenvalue weighted by molar-refractivity contribution is 8.23. The minimum absolute atomic E-state index is 0.0572. The number of Topliss-reactive ketones (excluding diaryl/α,β-unsaturated/α-hetero) is 1. The second kappa shape index (κ2) is 12.8. The molecule has 0 aliphatic carbocycles. The molecule has 216 valence electrons. The van der Waals surface area contributed by atoms with Gasteiger partial charge in [0.1, 0.15) is 12.0 Å². The van der Waals surface area contributed by atoms with Crippen molar-refractivity contribution in [3.8, 4) is 0 Å². The van der Waals surface area contributed by atoms with Gasteiger partial charge in [-0.25, -0.2) is 4.79 Å². The van der Waals surface area contributed by atoms with E-state index < -0.39 is 22.9 Å². The topological polar surface area (TPSA) is 130 Å². The average Bonchev–Trinajstić information content (AvgIpc) is 3.57. The zero-order chi connectivity index (χ0) is 29.1. The van der Waals surface area contributed by atoms with E-state index in [-0.39, 0.29) is 40.3 Å². The Bertz CT molecular complexity index is 1350. The summed E-state index contributed by atoms with van der Waals surface area (Å²) in [4.78, 5) is 53.0. The Kier molecular flexibility index (Phi) is 9.12. The highest BCUT2D eigenvalue weighted by atomic mass is 32.2. The molecular formula is C29H31N3O7S2. The van der Waals surface area contributed by atoms with Crippen LogP contribution in [0.5, 0.6) is 0 Å². The average molecular weight is 598 g/mol. The monoisotopic (exact) mass is 597 g/mol. The molecule has 3 heterocycles. The molecule has 3 aliphatic rings. The van der Waals surface area contributed by atoms with Crippen LogP contribution in [0.3, 0.4) is 0 Å². The van der Waals surface area contributed by atoms with Crippen LogP contribution in [0.1, 0.15) is 42.1 Å². The molecule has 10 nitrogen and oxygen atoms in total. The summed E-state index contributed by atoms with van der Waals surface area (Å²) in [5.74, 6) is -1.40. The number of esters is 1. The van der Waals surface area contributed by atoms with Gasteiger partial charge in [0.05, 0.1) is 21.2 Å². The van der Waals surface area contributed by atoms with Crippen LogP contribution >= 0.6 is 23.5 Å². The Balaban J connectivity index is 1.24. The van der Waals surface area contributed by atoms with Gasteiger partial charge in [-0.15, -0.1) is 11.8 Å². The summed E-state index contributed by atoms with van der Waals surface area (Å²) >= 11 is 2.97. The number of carbonyl (C=O) groups excluding carboxylic acids is 3. The van der Waals surface area contributed by atoms with Crippen LogP contribution in [0.25, 0.3) is 0 Å². The van der Waals surface area contributed by atoms with E-state index in [9.17, 15) is 29.6 Å². The normalized spacial score (nSPS) is 22.8. The lowest BCUT2D eigenvalue weighted by Gasteiger charge is -2.44. The zero-order valence-electron chi connectivity index (χ0n) is 22.5. The summed E-state index contributed by atoms with van der Waals surface area (Å²) in [5.41, 5.74) is 1.44. The summed E-state index contributed by atoms with van der Waals surface area (Å²) in [6.07, 6.45) is 0.948. The fourth-order valence-electron chi connectivity index (χ4n) is 5.19. The molecule has 1 amide bonds. The van der Waals surface area contributed by atoms with Crippen molar-refractivity contribution < 1.29 is 29.2 Å². The van der Waals surface area contributed by atoms with Crippen LogP contribution in [-0.4, -0.2) is 73.9 Å². The van der Waals surface area contributed by atoms with Crippen LogP contribution in [0.15, 0.2) is 64.5 Å². The number of nitrogens with zero attached hydrogens (tertiary/aromatic N) is 3. The number of amides is 1. The minimum atomic E-state index is -0.790. The number of rotatable bonds is 12. The molecule has 0 spiro atoms. The Morgan fingerprint density at radius 2 is 1.93 bits per heavy atom. The lowest BCUT2D eigenvalue weighted by atomic mass is 9.90. The maximum atomic E-state index is 13.3. The largest absolute Gasteiger partial charge is 0.456 e. The fourth-order valence-corrected chi connectivity index (χ4v) is 8.50. The molecule has 0 radical (unpaired) electrons. The molecule has 2 fully saturated rings. The lowest BCUT2D eigenvalue weighted by molar-refractivity contribution is -0.384. The molecule has 0 aromatic heterocycles. The molecule has 0 saturated carbocycles. The number of fused-ring (bicyclic) bond motifs is 1. The molecule has 1 N–H and O–H groups in total. The van der Waals surface area contributed by atoms with Gasteiger partial charge in [-0.3, -0.25) is 24.6 Å². The standard InChI is InChI=1S/C29H31N3O7S2/c1-2-22(33)24-26(35)31-25(28(36)39-17-18-8-10-20(11-9-18)32(37)38)29(41-27(24)31)40-21-12-14-30(16-21)15-13-23(34)19-6-4-3-5-7-19/h3-11,21-22,24,27,33H,2,12-17H2,1H3/t21-,22-,24+,27+/m0/s1. The molecule has 4 atom stereocenters. The molecule has 2 aromatic carbocycles. The molecule has 3 aliphatic heterocycles. The molecule has 0 unspecified atom stereocenters. The third-order valence-corrected chi connectivity index (χ3v) is 10.4. The Labute approximate surface area is 246 Å². The van der Waals surface area contributed by atoms with Gasteiger partial charge in [0.15, 0.2) is 11.5 Å². The highest BCUT2D eigenvalue weighted by Gasteiger charge is 2.58. The predicted octanol–water partition coefficient (Wildman–Crippen LogP) is 4.19. The van der Waals surface area contributed by atoms with Gasteiger partial charge < -0.3 is 14.7 Å². The van der Waals surface area contributed by atoms with Crippen LogP contribution in [0.4, 0.5) is 5.69 Å². The minimum Gasteiger partial charge on any atom is -0.456 e. The number of aliphatic hydroxyl groups excluding tert-OH is 1. The van der Waals surface area contributed by atoms with Crippen molar-refractivity contribution in [1.29, 1.82) is 0 Å². The second-order valence-corrected chi connectivity index (χ2v) is 12.9. The summed E-state index contributed by atoms with van der Waals surface area (Å²) in [5, 5.41) is 21.2. The van der Waals surface area contributed by atoms with Crippen molar-refractivity contribution in [2.45, 2.75) is 49.5 Å². The van der Waals surface area contributed by atoms with Crippen molar-refractivity contribution in [2.75, 3.05) is 19.6 Å². The van der Waals surface area contributed by atoms with E-state index in [1.165, 1.54) is 40.9 Å². The first kappa shape index (κ1) is 29.3. The molecule has 5 rings (SSSR count). The van der Waals surface area contributed by atoms with E-state index in [1.54, 1.807) is 11.8 Å².